The van der Waals surface area contributed by atoms with E-state index in [1.54, 1.807) is 37.3 Å². The van der Waals surface area contributed by atoms with Crippen LogP contribution in [0.25, 0.3) is 33.1 Å². The maximum atomic E-state index is 14.2. The van der Waals surface area contributed by atoms with Gasteiger partial charge in [0, 0.05) is 50.3 Å². The van der Waals surface area contributed by atoms with Crippen molar-refractivity contribution in [3.63, 3.8) is 0 Å². The number of hydrogen-bond acceptors (Lipinski definition) is 15. The molecular weight excluding hydrogens is 732 g/mol. The monoisotopic (exact) mass is 770 g/mol. The normalized spacial score (nSPS) is 19.3. The summed E-state index contributed by atoms with van der Waals surface area (Å²) < 4.78 is 50.9. The lowest BCUT2D eigenvalue weighted by Crippen LogP contribution is -2.60. The van der Waals surface area contributed by atoms with E-state index in [0.717, 1.165) is 26.3 Å². The summed E-state index contributed by atoms with van der Waals surface area (Å²) in [5.41, 5.74) is 2.25. The van der Waals surface area contributed by atoms with Crippen LogP contribution in [0.1, 0.15) is 49.4 Å². The van der Waals surface area contributed by atoms with E-state index in [1.807, 2.05) is 30.3 Å². The molecule has 292 valence electrons. The van der Waals surface area contributed by atoms with E-state index >= 15 is 0 Å². The van der Waals surface area contributed by atoms with Gasteiger partial charge in [0.15, 0.2) is 18.2 Å². The Labute approximate surface area is 319 Å². The summed E-state index contributed by atoms with van der Waals surface area (Å²) in [5.74, 6) is -4.11. The Hall–Kier alpha value is -6.32. The van der Waals surface area contributed by atoms with Crippen molar-refractivity contribution in [2.24, 2.45) is 5.92 Å². The van der Waals surface area contributed by atoms with Crippen LogP contribution in [0.5, 0.6) is 5.75 Å². The number of benzene rings is 3. The van der Waals surface area contributed by atoms with Gasteiger partial charge in [-0.2, -0.15) is 0 Å². The molecule has 2 aromatic heterocycles. The van der Waals surface area contributed by atoms with Gasteiger partial charge >= 0.3 is 29.5 Å². The Kier molecular flexibility index (Phi) is 12.0. The first-order valence-corrected chi connectivity index (χ1v) is 17.6. The molecule has 1 fully saturated rings. The first kappa shape index (κ1) is 39.4. The standard InChI is InChI=1S/C41H38O15/c1-21-18-32(46)55-36-29(21)14-15-31-34(36)33(26-10-7-6-8-11-26)38(54-31)35(47)27-12-9-13-28(19-27)48-16-17-49-40-30(20-50-22(2)42)37(51-23(3)43)39(52-24(4)44)41(56-40)53-25(5)45/h6-15,18-19,30,37,39-41H,16-17,20H2,1-5H3. The van der Waals surface area contributed by atoms with Gasteiger partial charge in [0.25, 0.3) is 0 Å². The number of fused-ring (bicyclic) bond motifs is 3. The lowest BCUT2D eigenvalue weighted by Gasteiger charge is -2.43. The third-order valence-corrected chi connectivity index (χ3v) is 8.77. The van der Waals surface area contributed by atoms with Gasteiger partial charge in [-0.05, 0) is 42.3 Å². The summed E-state index contributed by atoms with van der Waals surface area (Å²) in [6, 6.07) is 20.5. The average molecular weight is 771 g/mol. The molecule has 3 heterocycles. The average Bonchev–Trinajstić information content (AvgIpc) is 3.54. The maximum absolute atomic E-state index is 14.2. The van der Waals surface area contributed by atoms with Crippen LogP contribution in [-0.2, 0) is 47.6 Å². The minimum atomic E-state index is -1.54. The van der Waals surface area contributed by atoms with E-state index < -0.39 is 66.0 Å². The zero-order chi connectivity index (χ0) is 40.1. The molecule has 0 bridgehead atoms. The van der Waals surface area contributed by atoms with Crippen LogP contribution < -0.4 is 10.4 Å². The van der Waals surface area contributed by atoms with Gasteiger partial charge < -0.3 is 42.0 Å². The second-order valence-corrected chi connectivity index (χ2v) is 12.9. The maximum Gasteiger partial charge on any atom is 0.336 e. The van der Waals surface area contributed by atoms with Crippen molar-refractivity contribution in [2.45, 2.75) is 59.4 Å². The SMILES string of the molecule is CC(=O)OCC1C(OCCOc2cccc(C(=O)c3oc4ccc5c(C)cc(=O)oc5c4c3-c3ccccc3)c2)OC(OC(C)=O)C(OC(C)=O)C1OC(C)=O. The van der Waals surface area contributed by atoms with Crippen LogP contribution in [0.3, 0.4) is 0 Å². The van der Waals surface area contributed by atoms with Gasteiger partial charge in [0.2, 0.25) is 18.2 Å². The quantitative estimate of drug-likeness (QED) is 0.0483. The van der Waals surface area contributed by atoms with Crippen LogP contribution in [0.4, 0.5) is 0 Å². The molecule has 5 unspecified atom stereocenters. The largest absolute Gasteiger partial charge is 0.491 e. The van der Waals surface area contributed by atoms with Gasteiger partial charge in [-0.25, -0.2) is 4.79 Å². The smallest absolute Gasteiger partial charge is 0.336 e. The number of carbonyl (C=O) groups is 5. The molecule has 0 N–H and O–H groups in total. The van der Waals surface area contributed by atoms with E-state index in [2.05, 4.69) is 0 Å². The summed E-state index contributed by atoms with van der Waals surface area (Å²) >= 11 is 0. The molecule has 6 rings (SSSR count). The fourth-order valence-corrected chi connectivity index (χ4v) is 6.52. The number of carbonyl (C=O) groups excluding carboxylic acids is 5. The van der Waals surface area contributed by atoms with Crippen molar-refractivity contribution in [3.05, 3.63) is 100 Å². The van der Waals surface area contributed by atoms with Crippen LogP contribution in [0.15, 0.2) is 86.4 Å². The van der Waals surface area contributed by atoms with Gasteiger partial charge in [0.05, 0.1) is 17.9 Å². The van der Waals surface area contributed by atoms with Gasteiger partial charge in [-0.3, -0.25) is 24.0 Å². The van der Waals surface area contributed by atoms with E-state index in [0.29, 0.717) is 38.8 Å². The van der Waals surface area contributed by atoms with Crippen molar-refractivity contribution in [3.8, 4) is 16.9 Å². The third kappa shape index (κ3) is 8.80. The number of rotatable bonds is 13. The lowest BCUT2D eigenvalue weighted by atomic mass is 9.93. The zero-order valence-electron chi connectivity index (χ0n) is 31.1. The molecule has 0 spiro atoms. The molecule has 0 radical (unpaired) electrons. The zero-order valence-corrected chi connectivity index (χ0v) is 31.1. The highest BCUT2D eigenvalue weighted by molar-refractivity contribution is 6.20. The lowest BCUT2D eigenvalue weighted by molar-refractivity contribution is -0.336. The van der Waals surface area contributed by atoms with Crippen molar-refractivity contribution >= 4 is 51.6 Å². The number of furan rings is 1. The molecule has 0 aliphatic carbocycles. The van der Waals surface area contributed by atoms with Crippen molar-refractivity contribution in [1.29, 1.82) is 0 Å². The predicted octanol–water partition coefficient (Wildman–Crippen LogP) is 5.43. The van der Waals surface area contributed by atoms with Crippen LogP contribution in [0, 0.1) is 12.8 Å². The van der Waals surface area contributed by atoms with E-state index in [-0.39, 0.29) is 31.1 Å². The Morgan fingerprint density at radius 2 is 1.43 bits per heavy atom. The fourth-order valence-electron chi connectivity index (χ4n) is 6.52. The molecule has 1 aliphatic rings. The molecule has 5 atom stereocenters. The molecule has 15 heteroatoms. The second-order valence-electron chi connectivity index (χ2n) is 12.9. The molecule has 56 heavy (non-hydrogen) atoms. The number of ketones is 1. The van der Waals surface area contributed by atoms with Crippen LogP contribution in [-0.4, -0.2) is 74.3 Å². The minimum absolute atomic E-state index is 0.0355. The summed E-state index contributed by atoms with van der Waals surface area (Å²) in [6.07, 6.45) is -5.56. The highest BCUT2D eigenvalue weighted by atomic mass is 16.8. The number of aryl methyl sites for hydroxylation is 1. The Balaban J connectivity index is 1.23. The predicted molar refractivity (Wildman–Crippen MR) is 195 cm³/mol. The van der Waals surface area contributed by atoms with Crippen molar-refractivity contribution < 1.29 is 66.0 Å². The van der Waals surface area contributed by atoms with Gasteiger partial charge in [-0.1, -0.05) is 42.5 Å². The highest BCUT2D eigenvalue weighted by Gasteiger charge is 2.52. The van der Waals surface area contributed by atoms with Gasteiger partial charge in [-0.15, -0.1) is 0 Å². The molecule has 3 aromatic carbocycles. The number of esters is 4. The second kappa shape index (κ2) is 17.0. The summed E-state index contributed by atoms with van der Waals surface area (Å²) in [7, 11) is 0. The molecule has 15 nitrogen and oxygen atoms in total. The molecular formula is C41H38O15. The molecule has 0 amide bonds. The topological polar surface area (TPSA) is 193 Å². The fraction of sp³-hybridized carbons (Fsp3) is 0.317. The summed E-state index contributed by atoms with van der Waals surface area (Å²) in [6.45, 7) is 5.72. The Bertz CT molecular complexity index is 2340. The van der Waals surface area contributed by atoms with Crippen LogP contribution >= 0.6 is 0 Å². The summed E-state index contributed by atoms with van der Waals surface area (Å²) in [4.78, 5) is 74.5. The number of ether oxygens (including phenoxy) is 7. The first-order valence-electron chi connectivity index (χ1n) is 17.6. The molecule has 1 saturated heterocycles. The minimum Gasteiger partial charge on any atom is -0.491 e. The molecule has 0 saturated carbocycles. The van der Waals surface area contributed by atoms with Crippen LogP contribution in [0.2, 0.25) is 0 Å². The summed E-state index contributed by atoms with van der Waals surface area (Å²) in [5, 5.41) is 1.20. The number of hydrogen-bond donors (Lipinski definition) is 0. The van der Waals surface area contributed by atoms with E-state index in [9.17, 15) is 28.8 Å². The van der Waals surface area contributed by atoms with E-state index in [4.69, 9.17) is 42.0 Å². The van der Waals surface area contributed by atoms with E-state index in [1.165, 1.54) is 19.1 Å². The molecule has 5 aromatic rings. The highest BCUT2D eigenvalue weighted by Crippen LogP contribution is 2.41. The third-order valence-electron chi connectivity index (χ3n) is 8.77. The van der Waals surface area contributed by atoms with Gasteiger partial charge in [0.1, 0.15) is 30.1 Å². The first-order chi connectivity index (χ1) is 26.8. The Morgan fingerprint density at radius 1 is 0.714 bits per heavy atom. The van der Waals surface area contributed by atoms with Crippen molar-refractivity contribution in [1.82, 2.24) is 0 Å². The molecule has 1 aliphatic heterocycles. The van der Waals surface area contributed by atoms with Crippen molar-refractivity contribution in [2.75, 3.05) is 19.8 Å². The Morgan fingerprint density at radius 3 is 2.12 bits per heavy atom.